The molecule has 0 aromatic heterocycles. The van der Waals surface area contributed by atoms with Gasteiger partial charge in [-0.3, -0.25) is 0 Å². The van der Waals surface area contributed by atoms with Crippen LogP contribution in [0.1, 0.15) is 29.8 Å². The molecule has 1 aromatic rings. The fourth-order valence-corrected chi connectivity index (χ4v) is 1.56. The fourth-order valence-electron chi connectivity index (χ4n) is 1.56. The van der Waals surface area contributed by atoms with E-state index in [1.54, 1.807) is 32.9 Å². The minimum absolute atomic E-state index is 0.199. The molecular weight excluding hydrogens is 195 g/mol. The second-order valence-electron chi connectivity index (χ2n) is 3.42. The highest BCUT2D eigenvalue weighted by atomic mass is 19.1. The predicted molar refractivity (Wildman–Crippen MR) is 56.4 cm³/mol. The fraction of sp³-hybridized carbons (Fsp3) is 0.417. The van der Waals surface area contributed by atoms with E-state index in [-0.39, 0.29) is 6.61 Å². The molecule has 0 aliphatic carbocycles. The monoisotopic (exact) mass is 210 g/mol. The van der Waals surface area contributed by atoms with Gasteiger partial charge in [0.05, 0.1) is 6.61 Å². The number of hydrogen-bond acceptors (Lipinski definition) is 2. The Hall–Kier alpha value is -1.38. The lowest BCUT2D eigenvalue weighted by Crippen LogP contribution is -2.14. The number of halogens is 1. The summed E-state index contributed by atoms with van der Waals surface area (Å²) < 4.78 is 18.4. The standard InChI is InChI=1S/C12H15FO2/c1-4-15-12(14)11(13)10-8(2)6-5-7-9(10)3/h5-7,11H,4H2,1-3H3. The molecule has 0 aliphatic heterocycles. The number of esters is 1. The van der Waals surface area contributed by atoms with E-state index in [0.717, 1.165) is 11.1 Å². The zero-order valence-electron chi connectivity index (χ0n) is 9.21. The van der Waals surface area contributed by atoms with E-state index in [4.69, 9.17) is 0 Å². The van der Waals surface area contributed by atoms with Gasteiger partial charge in [0, 0.05) is 5.56 Å². The Labute approximate surface area is 89.1 Å². The van der Waals surface area contributed by atoms with E-state index >= 15 is 0 Å². The van der Waals surface area contributed by atoms with E-state index in [1.165, 1.54) is 0 Å². The van der Waals surface area contributed by atoms with Crippen molar-refractivity contribution < 1.29 is 13.9 Å². The van der Waals surface area contributed by atoms with Crippen molar-refractivity contribution in [1.82, 2.24) is 0 Å². The van der Waals surface area contributed by atoms with Crippen LogP contribution in [0.15, 0.2) is 18.2 Å². The summed E-state index contributed by atoms with van der Waals surface area (Å²) in [6, 6.07) is 5.41. The van der Waals surface area contributed by atoms with Gasteiger partial charge >= 0.3 is 5.97 Å². The molecule has 0 radical (unpaired) electrons. The van der Waals surface area contributed by atoms with E-state index in [0.29, 0.717) is 5.56 Å². The first-order chi connectivity index (χ1) is 7.07. The van der Waals surface area contributed by atoms with Gasteiger partial charge in [0.1, 0.15) is 0 Å². The maximum absolute atomic E-state index is 13.8. The molecule has 0 fully saturated rings. The summed E-state index contributed by atoms with van der Waals surface area (Å²) in [4.78, 5) is 11.3. The largest absolute Gasteiger partial charge is 0.464 e. The Morgan fingerprint density at radius 2 is 1.93 bits per heavy atom. The maximum atomic E-state index is 13.8. The Balaban J connectivity index is 3.00. The summed E-state index contributed by atoms with van der Waals surface area (Å²) in [5, 5.41) is 0. The van der Waals surface area contributed by atoms with Crippen molar-refractivity contribution in [2.24, 2.45) is 0 Å². The highest BCUT2D eigenvalue weighted by molar-refractivity contribution is 5.77. The van der Waals surface area contributed by atoms with E-state index in [9.17, 15) is 9.18 Å². The average Bonchev–Trinajstić information content (AvgIpc) is 2.17. The molecule has 3 heteroatoms. The molecule has 15 heavy (non-hydrogen) atoms. The molecule has 1 unspecified atom stereocenters. The van der Waals surface area contributed by atoms with Crippen LogP contribution >= 0.6 is 0 Å². The first-order valence-corrected chi connectivity index (χ1v) is 4.94. The SMILES string of the molecule is CCOC(=O)C(F)c1c(C)cccc1C. The van der Waals surface area contributed by atoms with Crippen LogP contribution in [-0.4, -0.2) is 12.6 Å². The van der Waals surface area contributed by atoms with Gasteiger partial charge in [0.25, 0.3) is 0 Å². The number of hydrogen-bond donors (Lipinski definition) is 0. The van der Waals surface area contributed by atoms with Crippen LogP contribution in [0.2, 0.25) is 0 Å². The van der Waals surface area contributed by atoms with Crippen LogP contribution in [0.3, 0.4) is 0 Å². The molecule has 0 heterocycles. The molecule has 0 aliphatic rings. The Bertz CT molecular complexity index is 340. The van der Waals surface area contributed by atoms with Crippen LogP contribution in [0.5, 0.6) is 0 Å². The number of carbonyl (C=O) groups is 1. The Kier molecular flexibility index (Phi) is 3.83. The van der Waals surface area contributed by atoms with Crippen LogP contribution in [-0.2, 0) is 9.53 Å². The predicted octanol–water partition coefficient (Wildman–Crippen LogP) is 2.88. The van der Waals surface area contributed by atoms with E-state index in [2.05, 4.69) is 4.74 Å². The number of aryl methyl sites for hydroxylation is 2. The molecule has 0 saturated heterocycles. The highest BCUT2D eigenvalue weighted by Crippen LogP contribution is 2.25. The van der Waals surface area contributed by atoms with Crippen molar-refractivity contribution >= 4 is 5.97 Å². The van der Waals surface area contributed by atoms with Crippen LogP contribution in [0, 0.1) is 13.8 Å². The maximum Gasteiger partial charge on any atom is 0.345 e. The third-order valence-electron chi connectivity index (χ3n) is 2.29. The van der Waals surface area contributed by atoms with Gasteiger partial charge < -0.3 is 4.74 Å². The van der Waals surface area contributed by atoms with Gasteiger partial charge in [0.15, 0.2) is 0 Å². The number of rotatable bonds is 3. The summed E-state index contributed by atoms with van der Waals surface area (Å²) in [6.45, 7) is 5.43. The molecule has 1 atom stereocenters. The zero-order chi connectivity index (χ0) is 11.4. The molecule has 0 saturated carbocycles. The molecule has 82 valence electrons. The summed E-state index contributed by atoms with van der Waals surface area (Å²) >= 11 is 0. The number of benzene rings is 1. The minimum atomic E-state index is -1.67. The van der Waals surface area contributed by atoms with Gasteiger partial charge in [0.2, 0.25) is 6.17 Å². The number of ether oxygens (including phenoxy) is 1. The molecule has 0 amide bonds. The third-order valence-corrected chi connectivity index (χ3v) is 2.29. The van der Waals surface area contributed by atoms with Crippen LogP contribution < -0.4 is 0 Å². The lowest BCUT2D eigenvalue weighted by Gasteiger charge is -2.13. The second-order valence-corrected chi connectivity index (χ2v) is 3.42. The van der Waals surface area contributed by atoms with E-state index < -0.39 is 12.1 Å². The van der Waals surface area contributed by atoms with Crippen molar-refractivity contribution in [3.63, 3.8) is 0 Å². The van der Waals surface area contributed by atoms with Crippen molar-refractivity contribution in [3.8, 4) is 0 Å². The molecule has 2 nitrogen and oxygen atoms in total. The molecule has 1 aromatic carbocycles. The summed E-state index contributed by atoms with van der Waals surface area (Å²) in [7, 11) is 0. The third kappa shape index (κ3) is 2.55. The smallest absolute Gasteiger partial charge is 0.345 e. The number of carbonyl (C=O) groups excluding carboxylic acids is 1. The molecular formula is C12H15FO2. The van der Waals surface area contributed by atoms with Gasteiger partial charge in [-0.05, 0) is 31.9 Å². The van der Waals surface area contributed by atoms with Crippen molar-refractivity contribution in [1.29, 1.82) is 0 Å². The first kappa shape index (κ1) is 11.7. The lowest BCUT2D eigenvalue weighted by molar-refractivity contribution is -0.149. The topological polar surface area (TPSA) is 26.3 Å². The molecule has 1 rings (SSSR count). The molecule has 0 spiro atoms. The summed E-state index contributed by atoms with van der Waals surface area (Å²) in [5.41, 5.74) is 1.97. The van der Waals surface area contributed by atoms with Gasteiger partial charge in [-0.15, -0.1) is 0 Å². The molecule has 0 bridgehead atoms. The Morgan fingerprint density at radius 3 is 2.40 bits per heavy atom. The van der Waals surface area contributed by atoms with Crippen molar-refractivity contribution in [2.45, 2.75) is 26.9 Å². The lowest BCUT2D eigenvalue weighted by atomic mass is 9.99. The van der Waals surface area contributed by atoms with Gasteiger partial charge in [-0.2, -0.15) is 0 Å². The zero-order valence-corrected chi connectivity index (χ0v) is 9.21. The van der Waals surface area contributed by atoms with Crippen LogP contribution in [0.25, 0.3) is 0 Å². The summed E-state index contributed by atoms with van der Waals surface area (Å²) in [6.07, 6.45) is -1.67. The number of alkyl halides is 1. The summed E-state index contributed by atoms with van der Waals surface area (Å²) in [5.74, 6) is -0.810. The van der Waals surface area contributed by atoms with Crippen LogP contribution in [0.4, 0.5) is 4.39 Å². The average molecular weight is 210 g/mol. The van der Waals surface area contributed by atoms with Crippen molar-refractivity contribution in [2.75, 3.05) is 6.61 Å². The normalized spacial score (nSPS) is 12.3. The van der Waals surface area contributed by atoms with Gasteiger partial charge in [-0.1, -0.05) is 18.2 Å². The quantitative estimate of drug-likeness (QED) is 0.717. The molecule has 0 N–H and O–H groups in total. The van der Waals surface area contributed by atoms with Gasteiger partial charge in [-0.25, -0.2) is 9.18 Å². The van der Waals surface area contributed by atoms with Crippen molar-refractivity contribution in [3.05, 3.63) is 34.9 Å². The highest BCUT2D eigenvalue weighted by Gasteiger charge is 2.24. The second kappa shape index (κ2) is 4.91. The minimum Gasteiger partial charge on any atom is -0.464 e. The Morgan fingerprint density at radius 1 is 1.40 bits per heavy atom. The van der Waals surface area contributed by atoms with E-state index in [1.807, 2.05) is 6.07 Å². The first-order valence-electron chi connectivity index (χ1n) is 4.94.